The number of carbonyl (C=O) groups excluding carboxylic acids is 1. The number of fused-ring (bicyclic) bond motifs is 1. The topological polar surface area (TPSA) is 46.3 Å². The first kappa shape index (κ1) is 18.2. The first-order chi connectivity index (χ1) is 10.7. The van der Waals surface area contributed by atoms with E-state index in [1.807, 2.05) is 35.2 Å². The molecule has 0 aromatic heterocycles. The van der Waals surface area contributed by atoms with Gasteiger partial charge in [0, 0.05) is 22.6 Å². The zero-order valence-electron chi connectivity index (χ0n) is 13.0. The Morgan fingerprint density at radius 1 is 1.17 bits per heavy atom. The van der Waals surface area contributed by atoms with Crippen molar-refractivity contribution >= 4 is 45.0 Å². The lowest BCUT2D eigenvalue weighted by Crippen LogP contribution is -2.44. The molecule has 2 aromatic carbocycles. The smallest absolute Gasteiger partial charge is 0.254 e. The van der Waals surface area contributed by atoms with E-state index in [2.05, 4.69) is 22.0 Å². The number of likely N-dealkylation sites (tertiary alicyclic amines) is 1. The molecule has 23 heavy (non-hydrogen) atoms. The van der Waals surface area contributed by atoms with Crippen LogP contribution in [0.25, 0.3) is 10.8 Å². The highest BCUT2D eigenvalue weighted by Crippen LogP contribution is 2.25. The van der Waals surface area contributed by atoms with E-state index in [1.165, 1.54) is 6.42 Å². The minimum atomic E-state index is 0. The Morgan fingerprint density at radius 3 is 2.70 bits per heavy atom. The Balaban J connectivity index is 0.00000192. The maximum absolute atomic E-state index is 12.9. The lowest BCUT2D eigenvalue weighted by atomic mass is 9.97. The van der Waals surface area contributed by atoms with Gasteiger partial charge in [0.05, 0.1) is 0 Å². The average Bonchev–Trinajstić information content (AvgIpc) is 2.54. The highest BCUT2D eigenvalue weighted by molar-refractivity contribution is 9.10. The largest absolute Gasteiger partial charge is 0.336 e. The number of carbonyl (C=O) groups is 1. The second kappa shape index (κ2) is 8.13. The predicted molar refractivity (Wildman–Crippen MR) is 101 cm³/mol. The van der Waals surface area contributed by atoms with Crippen LogP contribution in [-0.2, 0) is 0 Å². The summed E-state index contributed by atoms with van der Waals surface area (Å²) in [4.78, 5) is 14.9. The Kier molecular flexibility index (Phi) is 6.45. The van der Waals surface area contributed by atoms with Gasteiger partial charge in [0.1, 0.15) is 0 Å². The van der Waals surface area contributed by atoms with E-state index in [0.717, 1.165) is 46.6 Å². The molecule has 1 aliphatic rings. The zero-order chi connectivity index (χ0) is 15.5. The average molecular weight is 398 g/mol. The maximum Gasteiger partial charge on any atom is 0.254 e. The van der Waals surface area contributed by atoms with Gasteiger partial charge in [-0.05, 0) is 67.3 Å². The van der Waals surface area contributed by atoms with Gasteiger partial charge >= 0.3 is 0 Å². The van der Waals surface area contributed by atoms with Crippen LogP contribution in [0.5, 0.6) is 0 Å². The molecule has 0 aliphatic carbocycles. The first-order valence-electron chi connectivity index (χ1n) is 7.89. The number of piperidine rings is 1. The molecule has 1 heterocycles. The van der Waals surface area contributed by atoms with Crippen LogP contribution in [0.1, 0.15) is 36.0 Å². The van der Waals surface area contributed by atoms with Crippen molar-refractivity contribution in [2.45, 2.75) is 31.7 Å². The highest BCUT2D eigenvalue weighted by atomic mass is 79.9. The third kappa shape index (κ3) is 4.06. The maximum atomic E-state index is 12.9. The molecule has 1 saturated heterocycles. The summed E-state index contributed by atoms with van der Waals surface area (Å²) in [6.45, 7) is 1.49. The van der Waals surface area contributed by atoms with Crippen molar-refractivity contribution in [3.8, 4) is 0 Å². The van der Waals surface area contributed by atoms with Crippen molar-refractivity contribution in [1.82, 2.24) is 4.90 Å². The molecule has 2 aromatic rings. The highest BCUT2D eigenvalue weighted by Gasteiger charge is 2.26. The summed E-state index contributed by atoms with van der Waals surface area (Å²) in [7, 11) is 0. The molecule has 0 radical (unpaired) electrons. The summed E-state index contributed by atoms with van der Waals surface area (Å²) < 4.78 is 1.05. The van der Waals surface area contributed by atoms with Crippen LogP contribution in [0, 0.1) is 0 Å². The van der Waals surface area contributed by atoms with E-state index in [9.17, 15) is 4.79 Å². The van der Waals surface area contributed by atoms with Crippen LogP contribution in [0.2, 0.25) is 0 Å². The van der Waals surface area contributed by atoms with Crippen LogP contribution in [0.15, 0.2) is 40.9 Å². The fourth-order valence-electron chi connectivity index (χ4n) is 3.28. The molecule has 3 rings (SSSR count). The summed E-state index contributed by atoms with van der Waals surface area (Å²) >= 11 is 3.48. The molecule has 0 saturated carbocycles. The van der Waals surface area contributed by atoms with Crippen molar-refractivity contribution in [3.63, 3.8) is 0 Å². The molecule has 0 spiro atoms. The fraction of sp³-hybridized carbons (Fsp3) is 0.389. The molecule has 5 heteroatoms. The normalized spacial score (nSPS) is 17.8. The first-order valence-corrected chi connectivity index (χ1v) is 8.68. The number of hydrogen-bond donors (Lipinski definition) is 1. The Labute approximate surface area is 151 Å². The molecular weight excluding hydrogens is 376 g/mol. The Hall–Kier alpha value is -1.10. The van der Waals surface area contributed by atoms with Crippen molar-refractivity contribution in [2.24, 2.45) is 5.73 Å². The molecule has 124 valence electrons. The van der Waals surface area contributed by atoms with Gasteiger partial charge in [0.15, 0.2) is 0 Å². The summed E-state index contributed by atoms with van der Waals surface area (Å²) in [5.74, 6) is 0.142. The van der Waals surface area contributed by atoms with E-state index in [-0.39, 0.29) is 18.3 Å². The van der Waals surface area contributed by atoms with E-state index < -0.39 is 0 Å². The molecule has 0 bridgehead atoms. The van der Waals surface area contributed by atoms with Crippen LogP contribution >= 0.6 is 28.3 Å². The van der Waals surface area contributed by atoms with Crippen molar-refractivity contribution < 1.29 is 4.79 Å². The molecule has 1 unspecified atom stereocenters. The number of nitrogens with zero attached hydrogens (tertiary/aromatic N) is 1. The molecule has 2 N–H and O–H groups in total. The third-order valence-electron chi connectivity index (χ3n) is 4.44. The number of nitrogens with two attached hydrogens (primary N) is 1. The van der Waals surface area contributed by atoms with Gasteiger partial charge in [-0.3, -0.25) is 4.79 Å². The van der Waals surface area contributed by atoms with E-state index in [1.54, 1.807) is 0 Å². The van der Waals surface area contributed by atoms with Crippen molar-refractivity contribution in [2.75, 3.05) is 13.1 Å². The Bertz CT molecular complexity index is 690. The molecule has 1 fully saturated rings. The van der Waals surface area contributed by atoms with Gasteiger partial charge in [0.25, 0.3) is 5.91 Å². The van der Waals surface area contributed by atoms with Gasteiger partial charge in [-0.1, -0.05) is 28.1 Å². The van der Waals surface area contributed by atoms with Gasteiger partial charge in [0.2, 0.25) is 0 Å². The van der Waals surface area contributed by atoms with E-state index in [0.29, 0.717) is 12.6 Å². The fourth-order valence-corrected chi connectivity index (χ4v) is 3.65. The minimum absolute atomic E-state index is 0. The van der Waals surface area contributed by atoms with Gasteiger partial charge < -0.3 is 10.6 Å². The number of benzene rings is 2. The minimum Gasteiger partial charge on any atom is -0.336 e. The number of hydrogen-bond acceptors (Lipinski definition) is 2. The lowest BCUT2D eigenvalue weighted by Gasteiger charge is -2.35. The molecular formula is C18H22BrClN2O. The van der Waals surface area contributed by atoms with Gasteiger partial charge in [-0.15, -0.1) is 12.4 Å². The molecule has 1 aliphatic heterocycles. The SMILES string of the molecule is Cl.NCCC1CCCCN1C(=O)c1ccc2cc(Br)ccc2c1. The van der Waals surface area contributed by atoms with Crippen LogP contribution < -0.4 is 5.73 Å². The second-order valence-electron chi connectivity index (χ2n) is 5.93. The third-order valence-corrected chi connectivity index (χ3v) is 4.93. The van der Waals surface area contributed by atoms with Crippen LogP contribution in [0.3, 0.4) is 0 Å². The molecule has 1 atom stereocenters. The molecule has 3 nitrogen and oxygen atoms in total. The van der Waals surface area contributed by atoms with Crippen LogP contribution in [-0.4, -0.2) is 29.9 Å². The lowest BCUT2D eigenvalue weighted by molar-refractivity contribution is 0.0605. The number of rotatable bonds is 3. The number of amides is 1. The summed E-state index contributed by atoms with van der Waals surface area (Å²) in [6, 6.07) is 12.4. The van der Waals surface area contributed by atoms with Crippen LogP contribution in [0.4, 0.5) is 0 Å². The zero-order valence-corrected chi connectivity index (χ0v) is 15.4. The Morgan fingerprint density at radius 2 is 1.91 bits per heavy atom. The predicted octanol–water partition coefficient (Wildman–Crippen LogP) is 4.37. The monoisotopic (exact) mass is 396 g/mol. The van der Waals surface area contributed by atoms with Gasteiger partial charge in [-0.25, -0.2) is 0 Å². The standard InChI is InChI=1S/C18H21BrN2O.ClH/c19-16-7-6-13-11-15(5-4-14(13)12-16)18(22)21-10-2-1-3-17(21)8-9-20;/h4-7,11-12,17H,1-3,8-10,20H2;1H. The quantitative estimate of drug-likeness (QED) is 0.836. The van der Waals surface area contributed by atoms with Crippen molar-refractivity contribution in [1.29, 1.82) is 0 Å². The van der Waals surface area contributed by atoms with E-state index in [4.69, 9.17) is 5.73 Å². The molecule has 1 amide bonds. The summed E-state index contributed by atoms with van der Waals surface area (Å²) in [6.07, 6.45) is 4.25. The summed E-state index contributed by atoms with van der Waals surface area (Å²) in [5.41, 5.74) is 6.48. The van der Waals surface area contributed by atoms with E-state index >= 15 is 0 Å². The van der Waals surface area contributed by atoms with Gasteiger partial charge in [-0.2, -0.15) is 0 Å². The number of halogens is 2. The summed E-state index contributed by atoms with van der Waals surface area (Å²) in [5, 5.41) is 2.24. The van der Waals surface area contributed by atoms with Crippen molar-refractivity contribution in [3.05, 3.63) is 46.4 Å². The second-order valence-corrected chi connectivity index (χ2v) is 6.85.